The molecule has 1 N–H and O–H groups in total. The molecule has 0 radical (unpaired) electrons. The average molecular weight is 321 g/mol. The first-order valence-corrected chi connectivity index (χ1v) is 6.36. The van der Waals surface area contributed by atoms with Crippen molar-refractivity contribution in [2.75, 3.05) is 6.61 Å². The Morgan fingerprint density at radius 3 is 2.61 bits per heavy atom. The summed E-state index contributed by atoms with van der Waals surface area (Å²) < 4.78 is 0. The maximum Gasteiger partial charge on any atom is 0.357 e. The van der Waals surface area contributed by atoms with Crippen LogP contribution in [0.25, 0.3) is 6.08 Å². The zero-order chi connectivity index (χ0) is 17.0. The van der Waals surface area contributed by atoms with Crippen LogP contribution in [0.2, 0.25) is 0 Å². The average Bonchev–Trinajstić information content (AvgIpc) is 2.83. The number of carboxylic acid groups (broad SMARTS) is 1. The van der Waals surface area contributed by atoms with E-state index in [0.29, 0.717) is 10.7 Å². The molecule has 0 aromatic heterocycles. The summed E-state index contributed by atoms with van der Waals surface area (Å²) in [6.45, 7) is 1.74. The molecule has 1 aromatic rings. The second-order valence-corrected chi connectivity index (χ2v) is 4.22. The van der Waals surface area contributed by atoms with E-state index in [1.165, 1.54) is 30.3 Å². The molecule has 0 aliphatic carbocycles. The third kappa shape index (κ3) is 3.56. The molecule has 1 aromatic carbocycles. The summed E-state index contributed by atoms with van der Waals surface area (Å²) in [6.07, 6.45) is 1.24. The fraction of sp³-hybridized carbons (Fsp3) is 0.154. The van der Waals surface area contributed by atoms with Gasteiger partial charge in [-0.05, 0) is 30.7 Å². The second kappa shape index (κ2) is 6.77. The maximum atomic E-state index is 12.1. The Morgan fingerprint density at radius 1 is 1.43 bits per heavy atom. The molecule has 0 bridgehead atoms. The second-order valence-electron chi connectivity index (χ2n) is 4.22. The molecule has 10 nitrogen and oxygen atoms in total. The molecule has 0 saturated carbocycles. The smallest absolute Gasteiger partial charge is 0.357 e. The number of hydroxylamine groups is 1. The zero-order valence-electron chi connectivity index (χ0n) is 11.8. The normalized spacial score (nSPS) is 15.9. The Balaban J connectivity index is 2.32. The molecule has 1 amide bonds. The highest BCUT2D eigenvalue weighted by molar-refractivity contribution is 6.51. The highest BCUT2D eigenvalue weighted by Gasteiger charge is 2.36. The van der Waals surface area contributed by atoms with Gasteiger partial charge in [0.05, 0.1) is 17.1 Å². The third-order valence-electron chi connectivity index (χ3n) is 2.71. The van der Waals surface area contributed by atoms with Gasteiger partial charge in [0.25, 0.3) is 5.69 Å². The van der Waals surface area contributed by atoms with Gasteiger partial charge in [-0.15, -0.1) is 5.10 Å². The lowest BCUT2D eigenvalue weighted by molar-refractivity contribution is -0.406. The monoisotopic (exact) mass is 321 g/mol. The van der Waals surface area contributed by atoms with Crippen molar-refractivity contribution in [3.63, 3.8) is 0 Å². The number of carbonyl (C=O) groups is 2. The summed E-state index contributed by atoms with van der Waals surface area (Å²) in [6, 6.07) is 5.23. The van der Waals surface area contributed by atoms with E-state index < -0.39 is 22.5 Å². The van der Waals surface area contributed by atoms with Gasteiger partial charge in [0, 0.05) is 12.1 Å². The molecule has 10 heteroatoms. The first-order chi connectivity index (χ1) is 10.9. The number of aliphatic carboxylic acids is 1. The van der Waals surface area contributed by atoms with Gasteiger partial charge >= 0.3 is 11.9 Å². The molecule has 0 atom stereocenters. The number of non-ortho nitro benzene ring substituents is 1. The number of rotatable bonds is 6. The van der Waals surface area contributed by atoms with Crippen LogP contribution in [0.5, 0.6) is 0 Å². The first-order valence-electron chi connectivity index (χ1n) is 6.36. The molecule has 1 heterocycles. The van der Waals surface area contributed by atoms with Gasteiger partial charge in [-0.1, -0.05) is 10.2 Å². The van der Waals surface area contributed by atoms with E-state index in [0.717, 1.165) is 0 Å². The fourth-order valence-corrected chi connectivity index (χ4v) is 1.69. The van der Waals surface area contributed by atoms with Crippen LogP contribution < -0.4 is 0 Å². The van der Waals surface area contributed by atoms with Crippen molar-refractivity contribution in [2.24, 2.45) is 5.10 Å². The quantitative estimate of drug-likeness (QED) is 0.359. The van der Waals surface area contributed by atoms with E-state index >= 15 is 0 Å². The van der Waals surface area contributed by atoms with Crippen molar-refractivity contribution in [3.05, 3.63) is 45.5 Å². The summed E-state index contributed by atoms with van der Waals surface area (Å²) >= 11 is 0. The lowest BCUT2D eigenvalue weighted by Gasteiger charge is -2.07. The van der Waals surface area contributed by atoms with E-state index in [4.69, 9.17) is 5.11 Å². The molecule has 0 fully saturated rings. The molecule has 23 heavy (non-hydrogen) atoms. The molecule has 0 spiro atoms. The van der Waals surface area contributed by atoms with Crippen LogP contribution in [-0.4, -0.2) is 39.4 Å². The molecular weight excluding hydrogens is 310 g/mol. The van der Waals surface area contributed by atoms with Crippen LogP contribution in [0, 0.1) is 10.1 Å². The van der Waals surface area contributed by atoms with E-state index in [-0.39, 0.29) is 17.9 Å². The Kier molecular flexibility index (Phi) is 4.79. The van der Waals surface area contributed by atoms with Gasteiger partial charge in [0.15, 0.2) is 5.71 Å². The van der Waals surface area contributed by atoms with Crippen molar-refractivity contribution >= 4 is 29.4 Å². The van der Waals surface area contributed by atoms with E-state index in [9.17, 15) is 19.7 Å². The Labute approximate surface area is 129 Å². The van der Waals surface area contributed by atoms with Crippen LogP contribution in [0.1, 0.15) is 12.5 Å². The number of hydrazone groups is 1. The largest absolute Gasteiger partial charge is 0.476 e. The Hall–Kier alpha value is -3.11. The standard InChI is InChI=1S/C13H11N3O7/c1-2-22-23-15-12(17)10(11(14-15)13(18)19)7-8-3-5-9(6-4-8)16(20)21/h3-7H,2H2,1H3,(H,18,19)/b10-7-. The lowest BCUT2D eigenvalue weighted by Crippen LogP contribution is -2.23. The zero-order valence-corrected chi connectivity index (χ0v) is 11.8. The summed E-state index contributed by atoms with van der Waals surface area (Å²) in [5.74, 6) is -2.25. The molecule has 1 aliphatic heterocycles. The summed E-state index contributed by atoms with van der Waals surface area (Å²) in [4.78, 5) is 42.4. The summed E-state index contributed by atoms with van der Waals surface area (Å²) in [5, 5.41) is 23.6. The Bertz CT molecular complexity index is 709. The number of nitro groups is 1. The van der Waals surface area contributed by atoms with Crippen LogP contribution in [0.15, 0.2) is 34.9 Å². The number of nitro benzene ring substituents is 1. The predicted octanol–water partition coefficient (Wildman–Crippen LogP) is 1.14. The highest BCUT2D eigenvalue weighted by Crippen LogP contribution is 2.20. The SMILES string of the molecule is CCOON1N=C(C(=O)O)/C(=C/c2ccc([N+](=O)[O-])cc2)C1=O. The van der Waals surface area contributed by atoms with Crippen molar-refractivity contribution < 1.29 is 29.5 Å². The molecule has 120 valence electrons. The van der Waals surface area contributed by atoms with Crippen LogP contribution in [0.3, 0.4) is 0 Å². The van der Waals surface area contributed by atoms with Crippen LogP contribution >= 0.6 is 0 Å². The van der Waals surface area contributed by atoms with Crippen LogP contribution in [-0.2, 0) is 19.5 Å². The lowest BCUT2D eigenvalue weighted by atomic mass is 10.1. The summed E-state index contributed by atoms with van der Waals surface area (Å²) in [5.41, 5.74) is -0.483. The maximum absolute atomic E-state index is 12.1. The predicted molar refractivity (Wildman–Crippen MR) is 75.7 cm³/mol. The summed E-state index contributed by atoms with van der Waals surface area (Å²) in [7, 11) is 0. The van der Waals surface area contributed by atoms with Crippen molar-refractivity contribution in [2.45, 2.75) is 6.92 Å². The highest BCUT2D eigenvalue weighted by atomic mass is 17.3. The molecule has 2 rings (SSSR count). The van der Waals surface area contributed by atoms with Crippen molar-refractivity contribution in [1.29, 1.82) is 0 Å². The van der Waals surface area contributed by atoms with Gasteiger partial charge in [-0.25, -0.2) is 9.68 Å². The van der Waals surface area contributed by atoms with E-state index in [1.54, 1.807) is 6.92 Å². The van der Waals surface area contributed by atoms with E-state index in [1.807, 2.05) is 0 Å². The fourth-order valence-electron chi connectivity index (χ4n) is 1.69. The number of carbonyl (C=O) groups excluding carboxylic acids is 1. The molecule has 0 saturated heterocycles. The van der Waals surface area contributed by atoms with Gasteiger partial charge in [0.2, 0.25) is 0 Å². The van der Waals surface area contributed by atoms with Gasteiger partial charge < -0.3 is 5.11 Å². The van der Waals surface area contributed by atoms with Gasteiger partial charge in [-0.2, -0.15) is 0 Å². The number of hydrogen-bond donors (Lipinski definition) is 1. The van der Waals surface area contributed by atoms with Gasteiger partial charge in [-0.3, -0.25) is 14.9 Å². The Morgan fingerprint density at radius 2 is 2.09 bits per heavy atom. The number of benzene rings is 1. The van der Waals surface area contributed by atoms with Crippen molar-refractivity contribution in [3.8, 4) is 0 Å². The minimum Gasteiger partial charge on any atom is -0.476 e. The topological polar surface area (TPSA) is 132 Å². The minimum absolute atomic E-state index is 0.127. The number of nitrogens with zero attached hydrogens (tertiary/aromatic N) is 3. The number of hydrogen-bond acceptors (Lipinski definition) is 7. The number of carboxylic acids is 1. The van der Waals surface area contributed by atoms with Crippen LogP contribution in [0.4, 0.5) is 5.69 Å². The minimum atomic E-state index is -1.42. The van der Waals surface area contributed by atoms with Gasteiger partial charge in [0.1, 0.15) is 0 Å². The van der Waals surface area contributed by atoms with E-state index in [2.05, 4.69) is 15.0 Å². The third-order valence-corrected chi connectivity index (χ3v) is 2.71. The number of amides is 1. The molecule has 1 aliphatic rings. The molecular formula is C13H11N3O7. The van der Waals surface area contributed by atoms with Crippen molar-refractivity contribution in [1.82, 2.24) is 5.17 Å². The first kappa shape index (κ1) is 16.3. The molecule has 0 unspecified atom stereocenters.